The van der Waals surface area contributed by atoms with Crippen LogP contribution in [0.15, 0.2) is 65.6 Å². The van der Waals surface area contributed by atoms with Crippen LogP contribution in [0.3, 0.4) is 0 Å². The molecule has 5 heteroatoms. The highest BCUT2D eigenvalue weighted by Crippen LogP contribution is 2.17. The van der Waals surface area contributed by atoms with Crippen LogP contribution in [0.4, 0.5) is 5.69 Å². The number of carbonyl (C=O) groups is 1. The van der Waals surface area contributed by atoms with Gasteiger partial charge in [-0.05, 0) is 36.2 Å². The molecule has 0 aliphatic carbocycles. The second kappa shape index (κ2) is 19.4. The van der Waals surface area contributed by atoms with Gasteiger partial charge in [0.15, 0.2) is 12.7 Å². The van der Waals surface area contributed by atoms with Crippen LogP contribution in [0.5, 0.6) is 5.75 Å². The highest BCUT2D eigenvalue weighted by molar-refractivity contribution is 7.07. The molecule has 0 aliphatic heterocycles. The molecule has 0 atom stereocenters. The predicted octanol–water partition coefficient (Wildman–Crippen LogP) is 9.13. The molecule has 0 spiro atoms. The number of rotatable bonds is 21. The molecule has 1 aromatic heterocycles. The van der Waals surface area contributed by atoms with Crippen molar-refractivity contribution in [2.24, 2.45) is 0 Å². The largest absolute Gasteiger partial charge is 0.494 e. The Morgan fingerprint density at radius 2 is 1.44 bits per heavy atom. The molecule has 1 heterocycles. The zero-order valence-electron chi connectivity index (χ0n) is 24.0. The van der Waals surface area contributed by atoms with E-state index in [-0.39, 0.29) is 5.91 Å². The van der Waals surface area contributed by atoms with E-state index < -0.39 is 0 Å². The maximum Gasteiger partial charge on any atom is 0.228 e. The molecule has 1 amide bonds. The number of carbonyl (C=O) groups excluding carboxylic acids is 1. The Balaban J connectivity index is 1.21. The monoisotopic (exact) mass is 549 g/mol. The third kappa shape index (κ3) is 13.8. The van der Waals surface area contributed by atoms with E-state index in [0.717, 1.165) is 36.6 Å². The summed E-state index contributed by atoms with van der Waals surface area (Å²) in [5.41, 5.74) is 5.09. The van der Waals surface area contributed by atoms with Crippen molar-refractivity contribution in [3.63, 3.8) is 0 Å². The fourth-order valence-electron chi connectivity index (χ4n) is 4.88. The number of nitrogens with zero attached hydrogens (tertiary/aromatic N) is 1. The lowest BCUT2D eigenvalue weighted by atomic mass is 10.0. The second-order valence-corrected chi connectivity index (χ2v) is 11.5. The van der Waals surface area contributed by atoms with Crippen LogP contribution in [0.2, 0.25) is 0 Å². The number of ether oxygens (including phenoxy) is 1. The van der Waals surface area contributed by atoms with Gasteiger partial charge in [-0.25, -0.2) is 0 Å². The number of unbranched alkanes of at least 4 members (excludes halogenated alkanes) is 13. The third-order valence-electron chi connectivity index (χ3n) is 7.16. The molecule has 3 aromatic rings. The molecule has 39 heavy (non-hydrogen) atoms. The Hall–Kier alpha value is -2.66. The summed E-state index contributed by atoms with van der Waals surface area (Å²) in [6.07, 6.45) is 21.4. The van der Waals surface area contributed by atoms with E-state index in [1.165, 1.54) is 89.0 Å². The number of nitrogens with one attached hydrogen (secondary N) is 1. The van der Waals surface area contributed by atoms with Gasteiger partial charge in [-0.15, -0.1) is 0 Å². The standard InChI is InChI=1S/C34H48N2O2S/c1-2-3-4-5-6-7-8-9-10-11-12-13-14-15-24-38-33-18-16-17-31(26-33)27-34(37)35-32-21-19-30(20-22-32)28-36-23-25-39-29-36/h16-23,25-26,29H,2-15,24,27-28H2,1H3/p+1. The van der Waals surface area contributed by atoms with Crippen LogP contribution in [0.25, 0.3) is 0 Å². The van der Waals surface area contributed by atoms with Crippen LogP contribution in [-0.4, -0.2) is 12.5 Å². The van der Waals surface area contributed by atoms with Crippen LogP contribution in [0, 0.1) is 0 Å². The summed E-state index contributed by atoms with van der Waals surface area (Å²) in [7, 11) is 0. The van der Waals surface area contributed by atoms with Gasteiger partial charge in [-0.1, -0.05) is 126 Å². The molecule has 2 aromatic carbocycles. The molecule has 0 radical (unpaired) electrons. The Kier molecular flexibility index (Phi) is 15.4. The number of anilines is 1. The molecule has 0 saturated heterocycles. The summed E-state index contributed by atoms with van der Waals surface area (Å²) in [5.74, 6) is 0.837. The van der Waals surface area contributed by atoms with Gasteiger partial charge >= 0.3 is 0 Å². The fourth-order valence-corrected chi connectivity index (χ4v) is 5.48. The highest BCUT2D eigenvalue weighted by atomic mass is 32.1. The van der Waals surface area contributed by atoms with Gasteiger partial charge in [0.2, 0.25) is 11.4 Å². The Morgan fingerprint density at radius 1 is 0.795 bits per heavy atom. The Morgan fingerprint density at radius 3 is 2.05 bits per heavy atom. The van der Waals surface area contributed by atoms with Gasteiger partial charge in [0.1, 0.15) is 5.75 Å². The van der Waals surface area contributed by atoms with Crippen molar-refractivity contribution in [1.29, 1.82) is 0 Å². The summed E-state index contributed by atoms with van der Waals surface area (Å²) in [5, 5.41) is 5.08. The minimum absolute atomic E-state index is 0.0147. The van der Waals surface area contributed by atoms with Crippen LogP contribution in [0.1, 0.15) is 108 Å². The Bertz CT molecular complexity index is 1030. The zero-order chi connectivity index (χ0) is 27.4. The molecule has 1 N–H and O–H groups in total. The number of benzene rings is 2. The van der Waals surface area contributed by atoms with Crippen LogP contribution >= 0.6 is 11.3 Å². The molecule has 0 saturated carbocycles. The average Bonchev–Trinajstić information content (AvgIpc) is 3.45. The van der Waals surface area contributed by atoms with Crippen molar-refractivity contribution in [2.75, 3.05) is 11.9 Å². The number of hydrogen-bond donors (Lipinski definition) is 1. The van der Waals surface area contributed by atoms with E-state index in [4.69, 9.17) is 4.74 Å². The summed E-state index contributed by atoms with van der Waals surface area (Å²) in [6, 6.07) is 16.0. The van der Waals surface area contributed by atoms with Crippen LogP contribution in [-0.2, 0) is 17.8 Å². The summed E-state index contributed by atoms with van der Waals surface area (Å²) >= 11 is 1.68. The van der Waals surface area contributed by atoms with E-state index in [2.05, 4.69) is 46.0 Å². The van der Waals surface area contributed by atoms with Crippen molar-refractivity contribution in [3.05, 3.63) is 76.7 Å². The quantitative estimate of drug-likeness (QED) is 0.106. The van der Waals surface area contributed by atoms with Gasteiger partial charge in [0, 0.05) is 11.3 Å². The lowest BCUT2D eigenvalue weighted by Gasteiger charge is -2.09. The molecule has 0 bridgehead atoms. The van der Waals surface area contributed by atoms with Crippen molar-refractivity contribution in [2.45, 2.75) is 110 Å². The molecular weight excluding hydrogens is 500 g/mol. The van der Waals surface area contributed by atoms with Gasteiger partial charge in [-0.2, -0.15) is 4.57 Å². The minimum atomic E-state index is -0.0147. The molecular formula is C34H49N2O2S+. The van der Waals surface area contributed by atoms with Crippen LogP contribution < -0.4 is 14.6 Å². The number of amides is 1. The van der Waals surface area contributed by atoms with E-state index in [1.54, 1.807) is 11.3 Å². The first-order valence-electron chi connectivity index (χ1n) is 15.2. The number of hydrogen-bond acceptors (Lipinski definition) is 3. The molecule has 0 fully saturated rings. The van der Waals surface area contributed by atoms with E-state index in [9.17, 15) is 4.79 Å². The van der Waals surface area contributed by atoms with Gasteiger partial charge in [-0.3, -0.25) is 4.79 Å². The van der Waals surface area contributed by atoms with E-state index >= 15 is 0 Å². The van der Waals surface area contributed by atoms with E-state index in [0.29, 0.717) is 6.42 Å². The van der Waals surface area contributed by atoms with Crippen molar-refractivity contribution in [3.8, 4) is 5.75 Å². The average molecular weight is 550 g/mol. The van der Waals surface area contributed by atoms with Gasteiger partial charge in [0.05, 0.1) is 18.4 Å². The smallest absolute Gasteiger partial charge is 0.228 e. The SMILES string of the molecule is CCCCCCCCCCCCCCCCOc1cccc(CC(=O)Nc2ccc(C[n+]3ccsc3)cc2)c1. The number of aromatic nitrogens is 1. The van der Waals surface area contributed by atoms with Crippen molar-refractivity contribution >= 4 is 22.9 Å². The highest BCUT2D eigenvalue weighted by Gasteiger charge is 2.07. The lowest BCUT2D eigenvalue weighted by molar-refractivity contribution is -0.683. The minimum Gasteiger partial charge on any atom is -0.494 e. The molecule has 0 unspecified atom stereocenters. The summed E-state index contributed by atoms with van der Waals surface area (Å²) in [4.78, 5) is 12.6. The van der Waals surface area contributed by atoms with Crippen molar-refractivity contribution < 1.29 is 14.1 Å². The lowest BCUT2D eigenvalue weighted by Crippen LogP contribution is -2.30. The number of thiazole rings is 1. The summed E-state index contributed by atoms with van der Waals surface area (Å²) < 4.78 is 8.12. The molecule has 4 nitrogen and oxygen atoms in total. The maximum absolute atomic E-state index is 12.6. The molecule has 0 aliphatic rings. The molecule has 3 rings (SSSR count). The first-order chi connectivity index (χ1) is 19.2. The predicted molar refractivity (Wildman–Crippen MR) is 165 cm³/mol. The normalized spacial score (nSPS) is 11.0. The van der Waals surface area contributed by atoms with Gasteiger partial charge in [0.25, 0.3) is 0 Å². The third-order valence-corrected chi connectivity index (χ3v) is 7.83. The Labute approximate surface area is 240 Å². The molecule has 212 valence electrons. The van der Waals surface area contributed by atoms with E-state index in [1.807, 2.05) is 36.4 Å². The maximum atomic E-state index is 12.6. The first kappa shape index (κ1) is 30.9. The fraction of sp³-hybridized carbons (Fsp3) is 0.529. The first-order valence-corrected chi connectivity index (χ1v) is 16.2. The van der Waals surface area contributed by atoms with Crippen molar-refractivity contribution in [1.82, 2.24) is 0 Å². The second-order valence-electron chi connectivity index (χ2n) is 10.7. The topological polar surface area (TPSA) is 42.2 Å². The van der Waals surface area contributed by atoms with Gasteiger partial charge < -0.3 is 10.1 Å². The summed E-state index contributed by atoms with van der Waals surface area (Å²) in [6.45, 7) is 3.86. The zero-order valence-corrected chi connectivity index (χ0v) is 24.9.